The summed E-state index contributed by atoms with van der Waals surface area (Å²) in [5.41, 5.74) is 5.44. The van der Waals surface area contributed by atoms with Gasteiger partial charge in [-0.1, -0.05) is 107 Å². The van der Waals surface area contributed by atoms with Crippen molar-refractivity contribution in [3.8, 4) is 11.5 Å². The Morgan fingerprint density at radius 3 is 1.22 bits per heavy atom. The van der Waals surface area contributed by atoms with Crippen LogP contribution in [0.2, 0.25) is 12.1 Å². The lowest BCUT2D eigenvalue weighted by Crippen LogP contribution is -2.47. The third-order valence-corrected chi connectivity index (χ3v) is 12.0. The van der Waals surface area contributed by atoms with E-state index in [1.54, 1.807) is 0 Å². The average molecular weight is 525 g/mol. The summed E-state index contributed by atoms with van der Waals surface area (Å²) in [7, 11) is -2.46. The van der Waals surface area contributed by atoms with Crippen molar-refractivity contribution in [2.45, 2.75) is 139 Å². The lowest BCUT2D eigenvalue weighted by Gasteiger charge is -2.38. The van der Waals surface area contributed by atoms with E-state index in [-0.39, 0.29) is 21.7 Å². The van der Waals surface area contributed by atoms with E-state index in [2.05, 4.69) is 107 Å². The lowest BCUT2D eigenvalue weighted by molar-refractivity contribution is 0.360. The fourth-order valence-electron chi connectivity index (χ4n) is 5.18. The van der Waals surface area contributed by atoms with Crippen LogP contribution in [0.15, 0.2) is 34.1 Å². The van der Waals surface area contributed by atoms with Gasteiger partial charge in [0.1, 0.15) is 11.5 Å². The molecule has 4 rings (SSSR count). The molecule has 2 aliphatic rings. The summed E-state index contributed by atoms with van der Waals surface area (Å²) in [5.74, 6) is 2.16. The molecular weight excluding hydrogens is 477 g/mol. The molecule has 0 saturated carbocycles. The number of hydrogen-bond acceptors (Lipinski definition) is 3. The zero-order valence-corrected chi connectivity index (χ0v) is 26.7. The second-order valence-corrected chi connectivity index (χ2v) is 19.4. The molecule has 0 radical (unpaired) electrons. The molecule has 0 aromatic heterocycles. The summed E-state index contributed by atoms with van der Waals surface area (Å²) in [5, 5.41) is 0. The van der Waals surface area contributed by atoms with Gasteiger partial charge in [-0.05, 0) is 68.9 Å². The molecule has 2 nitrogen and oxygen atoms in total. The lowest BCUT2D eigenvalue weighted by atomic mass is 9.80. The van der Waals surface area contributed by atoms with E-state index in [0.29, 0.717) is 0 Å². The van der Waals surface area contributed by atoms with Crippen molar-refractivity contribution in [3.63, 3.8) is 0 Å². The highest BCUT2D eigenvalue weighted by atomic mass is 32.2. The topological polar surface area (TPSA) is 18.5 Å². The molecule has 2 heterocycles. The maximum Gasteiger partial charge on any atom is 0.460 e. The minimum atomic E-state index is -2.46. The Morgan fingerprint density at radius 2 is 0.917 bits per heavy atom. The Labute approximate surface area is 226 Å². The van der Waals surface area contributed by atoms with Crippen LogP contribution in [0.3, 0.4) is 0 Å². The first-order chi connectivity index (χ1) is 16.3. The van der Waals surface area contributed by atoms with Gasteiger partial charge in [0.05, 0.1) is 9.79 Å². The quantitative estimate of drug-likeness (QED) is 0.319. The van der Waals surface area contributed by atoms with Crippen LogP contribution in [-0.2, 0) is 21.7 Å². The van der Waals surface area contributed by atoms with Crippen LogP contribution >= 0.6 is 11.8 Å². The highest BCUT2D eigenvalue weighted by Gasteiger charge is 2.49. The number of benzene rings is 2. The minimum Gasteiger partial charge on any atom is -0.511 e. The predicted octanol–water partition coefficient (Wildman–Crippen LogP) is 10.0. The van der Waals surface area contributed by atoms with E-state index in [0.717, 1.165) is 23.6 Å². The summed E-state index contributed by atoms with van der Waals surface area (Å²) >= 11 is 1.85. The largest absolute Gasteiger partial charge is 0.511 e. The van der Waals surface area contributed by atoms with Crippen molar-refractivity contribution < 1.29 is 8.85 Å². The van der Waals surface area contributed by atoms with Crippen LogP contribution in [-0.4, -0.2) is 8.56 Å². The molecule has 2 aromatic rings. The van der Waals surface area contributed by atoms with Crippen LogP contribution in [0, 0.1) is 0 Å². The summed E-state index contributed by atoms with van der Waals surface area (Å²) in [6.45, 7) is 27.8. The molecule has 198 valence electrons. The Morgan fingerprint density at radius 1 is 0.556 bits per heavy atom. The predicted molar refractivity (Wildman–Crippen MR) is 158 cm³/mol. The maximum atomic E-state index is 7.23. The van der Waals surface area contributed by atoms with Gasteiger partial charge in [-0.15, -0.1) is 0 Å². The molecule has 4 heteroatoms. The number of fused-ring (bicyclic) bond motifs is 2. The van der Waals surface area contributed by atoms with E-state index < -0.39 is 8.56 Å². The van der Waals surface area contributed by atoms with Crippen LogP contribution < -0.4 is 8.85 Å². The Hall–Kier alpha value is -1.39. The molecule has 2 aromatic carbocycles. The van der Waals surface area contributed by atoms with Gasteiger partial charge in [-0.3, -0.25) is 0 Å². The fourth-order valence-corrected chi connectivity index (χ4v) is 9.88. The summed E-state index contributed by atoms with van der Waals surface area (Å²) in [4.78, 5) is 2.50. The second kappa shape index (κ2) is 8.83. The van der Waals surface area contributed by atoms with Gasteiger partial charge >= 0.3 is 8.56 Å². The molecule has 0 unspecified atom stereocenters. The van der Waals surface area contributed by atoms with Gasteiger partial charge in [-0.2, -0.15) is 0 Å². The first-order valence-electron chi connectivity index (χ1n) is 13.7. The van der Waals surface area contributed by atoms with E-state index in [9.17, 15) is 0 Å². The molecule has 1 saturated heterocycles. The first-order valence-corrected chi connectivity index (χ1v) is 16.8. The van der Waals surface area contributed by atoms with E-state index in [1.165, 1.54) is 44.9 Å². The molecule has 36 heavy (non-hydrogen) atoms. The third-order valence-electron chi connectivity index (χ3n) is 7.62. The van der Waals surface area contributed by atoms with Crippen molar-refractivity contribution >= 4 is 20.3 Å². The smallest absolute Gasteiger partial charge is 0.460 e. The highest BCUT2D eigenvalue weighted by Crippen LogP contribution is 2.53. The Bertz CT molecular complexity index is 1060. The first kappa shape index (κ1) is 27.6. The van der Waals surface area contributed by atoms with Gasteiger partial charge in [0.15, 0.2) is 0 Å². The van der Waals surface area contributed by atoms with Crippen LogP contribution in [0.5, 0.6) is 11.5 Å². The molecular formula is C32H48O2SSi. The van der Waals surface area contributed by atoms with Crippen molar-refractivity contribution in [1.82, 2.24) is 0 Å². The van der Waals surface area contributed by atoms with Gasteiger partial charge in [0, 0.05) is 12.1 Å². The zero-order chi connectivity index (χ0) is 26.9. The molecule has 0 bridgehead atoms. The SMILES string of the molecule is CC(C)(C)c1cc2c(c(C(C)(C)C)c1)O[Si]1(CCCC1)Oc1c(cc(C(C)(C)C)cc1C(C)(C)C)S2. The molecule has 1 fully saturated rings. The van der Waals surface area contributed by atoms with Crippen LogP contribution in [0.4, 0.5) is 0 Å². The van der Waals surface area contributed by atoms with Gasteiger partial charge in [-0.25, -0.2) is 0 Å². The summed E-state index contributed by atoms with van der Waals surface area (Å²) < 4.78 is 14.5. The molecule has 2 aliphatic heterocycles. The molecule has 0 amide bonds. The molecule has 0 aliphatic carbocycles. The van der Waals surface area contributed by atoms with Gasteiger partial charge < -0.3 is 8.85 Å². The van der Waals surface area contributed by atoms with Crippen LogP contribution in [0.25, 0.3) is 0 Å². The molecule has 0 N–H and O–H groups in total. The van der Waals surface area contributed by atoms with Crippen LogP contribution in [0.1, 0.15) is 118 Å². The fraction of sp³-hybridized carbons (Fsp3) is 0.625. The third kappa shape index (κ3) is 5.41. The zero-order valence-electron chi connectivity index (χ0n) is 24.9. The van der Waals surface area contributed by atoms with Crippen molar-refractivity contribution in [1.29, 1.82) is 0 Å². The van der Waals surface area contributed by atoms with E-state index in [4.69, 9.17) is 8.85 Å². The van der Waals surface area contributed by atoms with E-state index >= 15 is 0 Å². The summed E-state index contributed by atoms with van der Waals surface area (Å²) in [6, 6.07) is 11.7. The Kier molecular flexibility index (Phi) is 6.78. The van der Waals surface area contributed by atoms with Crippen molar-refractivity contribution in [2.24, 2.45) is 0 Å². The van der Waals surface area contributed by atoms with Gasteiger partial charge in [0.2, 0.25) is 0 Å². The number of hydrogen-bond donors (Lipinski definition) is 0. The normalized spacial score (nSPS) is 18.1. The van der Waals surface area contributed by atoms with Crippen molar-refractivity contribution in [2.75, 3.05) is 0 Å². The maximum absolute atomic E-state index is 7.23. The Balaban J connectivity index is 2.08. The van der Waals surface area contributed by atoms with Crippen molar-refractivity contribution in [3.05, 3.63) is 46.5 Å². The monoisotopic (exact) mass is 524 g/mol. The highest BCUT2D eigenvalue weighted by molar-refractivity contribution is 7.99. The molecule has 1 spiro atoms. The average Bonchev–Trinajstić information content (AvgIpc) is 3.13. The number of rotatable bonds is 0. The molecule has 0 atom stereocenters. The second-order valence-electron chi connectivity index (χ2n) is 15.1. The van der Waals surface area contributed by atoms with Gasteiger partial charge in [0.25, 0.3) is 0 Å². The minimum absolute atomic E-state index is 0.0219. The summed E-state index contributed by atoms with van der Waals surface area (Å²) in [6.07, 6.45) is 2.39. The van der Waals surface area contributed by atoms with E-state index in [1.807, 2.05) is 11.8 Å². The standard InChI is InChI=1S/C32H48O2SSi/c1-29(2,3)21-17-23(31(7,8)9)27-25(19-21)35-26-20-22(30(4,5)6)18-24(32(10,11)12)28(26)34-36(33-27)15-13-14-16-36/h17-20H,13-16H2,1-12H3.